The maximum absolute atomic E-state index is 13.5. The molecule has 15 heavy (non-hydrogen) atoms. The zero-order valence-electron chi connectivity index (χ0n) is 10.1. The molecule has 0 bridgehead atoms. The van der Waals surface area contributed by atoms with Crippen LogP contribution in [-0.4, -0.2) is 29.7 Å². The van der Waals surface area contributed by atoms with E-state index in [0.29, 0.717) is 0 Å². The van der Waals surface area contributed by atoms with Gasteiger partial charge < -0.3 is 5.41 Å². The fourth-order valence-corrected chi connectivity index (χ4v) is 1.05. The van der Waals surface area contributed by atoms with E-state index in [1.54, 1.807) is 18.1 Å². The molecule has 0 aliphatic rings. The lowest BCUT2D eigenvalue weighted by atomic mass is 10.1. The zero-order valence-corrected chi connectivity index (χ0v) is 10.1. The van der Waals surface area contributed by atoms with Crippen LogP contribution in [0.5, 0.6) is 0 Å². The zero-order chi connectivity index (χ0) is 12.1. The molecule has 0 unspecified atom stereocenters. The Hall–Kier alpha value is -1.19. The van der Waals surface area contributed by atoms with Crippen LogP contribution in [0.2, 0.25) is 0 Å². The molecule has 0 aliphatic carbocycles. The van der Waals surface area contributed by atoms with Gasteiger partial charge in [0.2, 0.25) is 0 Å². The number of rotatable bonds is 5. The summed E-state index contributed by atoms with van der Waals surface area (Å²) in [5, 5.41) is 12.8. The summed E-state index contributed by atoms with van der Waals surface area (Å²) in [7, 11) is 0. The van der Waals surface area contributed by atoms with Crippen molar-refractivity contribution in [1.82, 2.24) is 5.01 Å². The van der Waals surface area contributed by atoms with Gasteiger partial charge in [0, 0.05) is 18.1 Å². The first-order chi connectivity index (χ1) is 6.81. The van der Waals surface area contributed by atoms with E-state index in [1.165, 1.54) is 20.1 Å². The normalized spacial score (nSPS) is 14.0. The number of nitrogens with one attached hydrogen (secondary N) is 1. The van der Waals surface area contributed by atoms with E-state index in [1.807, 2.05) is 13.8 Å². The minimum absolute atomic E-state index is 0.189. The maximum Gasteiger partial charge on any atom is 0.125 e. The minimum atomic E-state index is -1.31. The molecule has 0 aliphatic heterocycles. The number of allylic oxidation sites excluding steroid dienone is 2. The topological polar surface area (TPSA) is 39.5 Å². The Morgan fingerprint density at radius 2 is 2.00 bits per heavy atom. The summed E-state index contributed by atoms with van der Waals surface area (Å²) in [5.74, 6) is 0. The molecule has 0 amide bonds. The summed E-state index contributed by atoms with van der Waals surface area (Å²) in [6.45, 7) is 8.64. The quantitative estimate of drug-likeness (QED) is 0.553. The standard InChI is InChI=1S/C11H20FN3/c1-6-14-15(8-11(4,5)12)10(3)9(2)7-13/h6-7,13H,8H2,1-5H3/b10-9+,13-7?,14-6?. The molecule has 0 aromatic heterocycles. The number of hydrazone groups is 1. The van der Waals surface area contributed by atoms with Crippen LogP contribution in [0.1, 0.15) is 34.6 Å². The van der Waals surface area contributed by atoms with Crippen LogP contribution in [0.15, 0.2) is 16.4 Å². The van der Waals surface area contributed by atoms with Gasteiger partial charge in [-0.3, -0.25) is 5.01 Å². The van der Waals surface area contributed by atoms with Crippen LogP contribution in [-0.2, 0) is 0 Å². The van der Waals surface area contributed by atoms with Crippen molar-refractivity contribution in [2.24, 2.45) is 5.10 Å². The second-order valence-electron chi connectivity index (χ2n) is 4.06. The molecular weight excluding hydrogens is 193 g/mol. The Morgan fingerprint density at radius 1 is 1.47 bits per heavy atom. The van der Waals surface area contributed by atoms with Crippen molar-refractivity contribution in [2.75, 3.05) is 6.54 Å². The molecular formula is C11H20FN3. The predicted molar refractivity (Wildman–Crippen MR) is 63.2 cm³/mol. The summed E-state index contributed by atoms with van der Waals surface area (Å²) in [6.07, 6.45) is 2.87. The van der Waals surface area contributed by atoms with Gasteiger partial charge in [0.15, 0.2) is 0 Å². The Morgan fingerprint density at radius 3 is 2.33 bits per heavy atom. The number of nitrogens with zero attached hydrogens (tertiary/aromatic N) is 2. The second kappa shape index (κ2) is 5.63. The molecule has 4 heteroatoms. The molecule has 0 aromatic rings. The second-order valence-corrected chi connectivity index (χ2v) is 4.06. The van der Waals surface area contributed by atoms with Crippen molar-refractivity contribution in [3.63, 3.8) is 0 Å². The average Bonchev–Trinajstić information content (AvgIpc) is 2.13. The fraction of sp³-hybridized carbons (Fsp3) is 0.636. The molecule has 0 heterocycles. The van der Waals surface area contributed by atoms with Crippen LogP contribution in [0.25, 0.3) is 0 Å². The van der Waals surface area contributed by atoms with Crippen molar-refractivity contribution in [3.8, 4) is 0 Å². The Kier molecular flexibility index (Phi) is 5.19. The number of hydrogen-bond acceptors (Lipinski definition) is 3. The molecule has 0 atom stereocenters. The lowest BCUT2D eigenvalue weighted by molar-refractivity contribution is 0.150. The third-order valence-electron chi connectivity index (χ3n) is 1.95. The van der Waals surface area contributed by atoms with Crippen LogP contribution >= 0.6 is 0 Å². The van der Waals surface area contributed by atoms with Gasteiger partial charge in [0.1, 0.15) is 5.67 Å². The molecule has 0 spiro atoms. The van der Waals surface area contributed by atoms with E-state index in [0.717, 1.165) is 11.3 Å². The van der Waals surface area contributed by atoms with Gasteiger partial charge in [0.05, 0.1) is 6.54 Å². The van der Waals surface area contributed by atoms with Crippen molar-refractivity contribution in [2.45, 2.75) is 40.3 Å². The first-order valence-electron chi connectivity index (χ1n) is 4.95. The van der Waals surface area contributed by atoms with Crippen molar-refractivity contribution >= 4 is 12.4 Å². The lowest BCUT2D eigenvalue weighted by Gasteiger charge is -2.26. The molecule has 0 saturated heterocycles. The van der Waals surface area contributed by atoms with Gasteiger partial charge in [-0.15, -0.1) is 0 Å². The Bertz CT molecular complexity index is 274. The summed E-state index contributed by atoms with van der Waals surface area (Å²) in [4.78, 5) is 0. The van der Waals surface area contributed by atoms with Gasteiger partial charge in [-0.25, -0.2) is 4.39 Å². The summed E-state index contributed by atoms with van der Waals surface area (Å²) < 4.78 is 13.5. The van der Waals surface area contributed by atoms with E-state index in [2.05, 4.69) is 5.10 Å². The van der Waals surface area contributed by atoms with Crippen LogP contribution in [0, 0.1) is 5.41 Å². The highest BCUT2D eigenvalue weighted by Gasteiger charge is 2.20. The summed E-state index contributed by atoms with van der Waals surface area (Å²) in [6, 6.07) is 0. The smallest absolute Gasteiger partial charge is 0.125 e. The number of halogens is 1. The highest BCUT2D eigenvalue weighted by Crippen LogP contribution is 2.16. The summed E-state index contributed by atoms with van der Waals surface area (Å²) >= 11 is 0. The SMILES string of the molecule is CC=NN(CC(C)(C)F)/C(C)=C(\C)C=N. The molecule has 0 fully saturated rings. The van der Waals surface area contributed by atoms with Crippen LogP contribution < -0.4 is 0 Å². The van der Waals surface area contributed by atoms with E-state index < -0.39 is 5.67 Å². The fourth-order valence-electron chi connectivity index (χ4n) is 1.05. The molecule has 0 rings (SSSR count). The van der Waals surface area contributed by atoms with Gasteiger partial charge in [-0.1, -0.05) is 0 Å². The maximum atomic E-state index is 13.5. The van der Waals surface area contributed by atoms with Gasteiger partial charge in [0.25, 0.3) is 0 Å². The Balaban J connectivity index is 4.91. The van der Waals surface area contributed by atoms with Crippen LogP contribution in [0.4, 0.5) is 4.39 Å². The van der Waals surface area contributed by atoms with Gasteiger partial charge in [-0.2, -0.15) is 5.10 Å². The monoisotopic (exact) mass is 213 g/mol. The van der Waals surface area contributed by atoms with Crippen molar-refractivity contribution in [1.29, 1.82) is 5.41 Å². The predicted octanol–water partition coefficient (Wildman–Crippen LogP) is 2.99. The van der Waals surface area contributed by atoms with E-state index >= 15 is 0 Å². The molecule has 0 saturated carbocycles. The van der Waals surface area contributed by atoms with Gasteiger partial charge in [-0.05, 0) is 40.2 Å². The first kappa shape index (κ1) is 13.8. The van der Waals surface area contributed by atoms with Gasteiger partial charge >= 0.3 is 0 Å². The Labute approximate surface area is 91.2 Å². The molecule has 0 radical (unpaired) electrons. The molecule has 3 nitrogen and oxygen atoms in total. The van der Waals surface area contributed by atoms with E-state index in [-0.39, 0.29) is 6.54 Å². The minimum Gasteiger partial charge on any atom is -0.308 e. The molecule has 1 N–H and O–H groups in total. The third kappa shape index (κ3) is 5.30. The highest BCUT2D eigenvalue weighted by molar-refractivity contribution is 5.75. The molecule has 86 valence electrons. The lowest BCUT2D eigenvalue weighted by Crippen LogP contribution is -2.31. The van der Waals surface area contributed by atoms with Crippen molar-refractivity contribution in [3.05, 3.63) is 11.3 Å². The largest absolute Gasteiger partial charge is 0.308 e. The first-order valence-corrected chi connectivity index (χ1v) is 4.95. The van der Waals surface area contributed by atoms with Crippen molar-refractivity contribution < 1.29 is 4.39 Å². The average molecular weight is 213 g/mol. The van der Waals surface area contributed by atoms with E-state index in [4.69, 9.17) is 5.41 Å². The number of hydrogen-bond donors (Lipinski definition) is 1. The number of alkyl halides is 1. The van der Waals surface area contributed by atoms with Crippen LogP contribution in [0.3, 0.4) is 0 Å². The highest BCUT2D eigenvalue weighted by atomic mass is 19.1. The van der Waals surface area contributed by atoms with E-state index in [9.17, 15) is 4.39 Å². The summed E-state index contributed by atoms with van der Waals surface area (Å²) in [5.41, 5.74) is 0.273. The molecule has 0 aromatic carbocycles. The third-order valence-corrected chi connectivity index (χ3v) is 1.95.